The number of hydrogen-bond acceptors (Lipinski definition) is 7. The quantitative estimate of drug-likeness (QED) is 0.708. The van der Waals surface area contributed by atoms with Gasteiger partial charge in [-0.3, -0.25) is 4.79 Å². The van der Waals surface area contributed by atoms with Gasteiger partial charge in [-0.2, -0.15) is 4.31 Å². The van der Waals surface area contributed by atoms with Crippen LogP contribution in [0.3, 0.4) is 0 Å². The van der Waals surface area contributed by atoms with Crippen molar-refractivity contribution in [2.24, 2.45) is 0 Å². The van der Waals surface area contributed by atoms with Crippen LogP contribution in [-0.4, -0.2) is 61.5 Å². The van der Waals surface area contributed by atoms with Gasteiger partial charge in [0.05, 0.1) is 12.8 Å². The third kappa shape index (κ3) is 5.88. The summed E-state index contributed by atoms with van der Waals surface area (Å²) in [5, 5.41) is 5.95. The molecule has 0 saturated carbocycles. The van der Waals surface area contributed by atoms with Crippen LogP contribution in [0.2, 0.25) is 0 Å². The van der Waals surface area contributed by atoms with Crippen molar-refractivity contribution in [2.75, 3.05) is 48.5 Å². The number of carbonyl (C=O) groups is 1. The maximum atomic E-state index is 12.0. The molecule has 1 saturated heterocycles. The molecule has 156 valence electrons. The molecule has 1 aromatic carbocycles. The Morgan fingerprint density at radius 1 is 1.14 bits per heavy atom. The Balaban J connectivity index is 1.63. The smallest absolute Gasteiger partial charge is 0.239 e. The molecule has 0 spiro atoms. The second kappa shape index (κ2) is 8.75. The van der Waals surface area contributed by atoms with Gasteiger partial charge in [0.1, 0.15) is 17.5 Å². The van der Waals surface area contributed by atoms with Crippen molar-refractivity contribution < 1.29 is 13.2 Å². The zero-order chi connectivity index (χ0) is 21.0. The highest BCUT2D eigenvalue weighted by atomic mass is 32.2. The number of likely N-dealkylation sites (N-methyl/N-ethyl adjacent to an activating group) is 1. The molecule has 1 fully saturated rings. The number of nitrogens with one attached hydrogen (secondary N) is 2. The van der Waals surface area contributed by atoms with E-state index >= 15 is 0 Å². The van der Waals surface area contributed by atoms with Crippen molar-refractivity contribution in [3.63, 3.8) is 0 Å². The van der Waals surface area contributed by atoms with Crippen LogP contribution in [0.15, 0.2) is 30.3 Å². The predicted molar refractivity (Wildman–Crippen MR) is 114 cm³/mol. The third-order valence-electron chi connectivity index (χ3n) is 4.63. The molecule has 9 nitrogen and oxygen atoms in total. The van der Waals surface area contributed by atoms with Gasteiger partial charge in [-0.25, -0.2) is 18.4 Å². The minimum atomic E-state index is -3.40. The SMILES string of the molecule is Cc1nc(Nc2ccc(NC(=O)CN(C)S(C)(=O)=O)cc2)cc(N2CCCC2)n1. The van der Waals surface area contributed by atoms with Crippen LogP contribution >= 0.6 is 0 Å². The Bertz CT molecular complexity index is 972. The van der Waals surface area contributed by atoms with Gasteiger partial charge in [-0.05, 0) is 44.0 Å². The van der Waals surface area contributed by atoms with Crippen molar-refractivity contribution in [1.29, 1.82) is 0 Å². The van der Waals surface area contributed by atoms with Gasteiger partial charge < -0.3 is 15.5 Å². The van der Waals surface area contributed by atoms with Crippen LogP contribution in [0.25, 0.3) is 0 Å². The lowest BCUT2D eigenvalue weighted by Gasteiger charge is -2.18. The highest BCUT2D eigenvalue weighted by Crippen LogP contribution is 2.23. The lowest BCUT2D eigenvalue weighted by molar-refractivity contribution is -0.116. The molecule has 1 amide bonds. The first-order chi connectivity index (χ1) is 13.7. The highest BCUT2D eigenvalue weighted by Gasteiger charge is 2.16. The minimum absolute atomic E-state index is 0.238. The topological polar surface area (TPSA) is 108 Å². The van der Waals surface area contributed by atoms with Crippen LogP contribution in [0, 0.1) is 6.92 Å². The molecule has 0 aliphatic carbocycles. The Hall–Kier alpha value is -2.72. The molecule has 29 heavy (non-hydrogen) atoms. The minimum Gasteiger partial charge on any atom is -0.356 e. The number of sulfonamides is 1. The molecule has 2 heterocycles. The van der Waals surface area contributed by atoms with E-state index in [2.05, 4.69) is 25.5 Å². The zero-order valence-corrected chi connectivity index (χ0v) is 17.7. The molecule has 0 radical (unpaired) electrons. The molecule has 3 rings (SSSR count). The fourth-order valence-electron chi connectivity index (χ4n) is 3.03. The molecule has 0 unspecified atom stereocenters. The number of nitrogens with zero attached hydrogens (tertiary/aromatic N) is 4. The summed E-state index contributed by atoms with van der Waals surface area (Å²) >= 11 is 0. The molecule has 1 aliphatic heterocycles. The average Bonchev–Trinajstić information content (AvgIpc) is 3.17. The van der Waals surface area contributed by atoms with E-state index in [0.29, 0.717) is 17.3 Å². The Kier molecular flexibility index (Phi) is 6.33. The van der Waals surface area contributed by atoms with Crippen LogP contribution < -0.4 is 15.5 Å². The number of carbonyl (C=O) groups excluding carboxylic acids is 1. The standard InChI is InChI=1S/C19H26N6O3S/c1-14-20-17(12-18(21-14)25-10-4-5-11-25)22-15-6-8-16(9-7-15)23-19(26)13-24(2)29(3,27)28/h6-9,12H,4-5,10-11,13H2,1-3H3,(H,23,26)(H,20,21,22). The van der Waals surface area contributed by atoms with Gasteiger partial charge in [0.15, 0.2) is 0 Å². The van der Waals surface area contributed by atoms with E-state index in [1.54, 1.807) is 12.1 Å². The first-order valence-electron chi connectivity index (χ1n) is 9.39. The molecule has 0 atom stereocenters. The molecule has 1 aromatic heterocycles. The van der Waals surface area contributed by atoms with E-state index in [0.717, 1.165) is 35.2 Å². The van der Waals surface area contributed by atoms with E-state index < -0.39 is 15.9 Å². The average molecular weight is 419 g/mol. The van der Waals surface area contributed by atoms with E-state index in [4.69, 9.17) is 0 Å². The van der Waals surface area contributed by atoms with Crippen molar-refractivity contribution in [2.45, 2.75) is 19.8 Å². The number of aryl methyl sites for hydroxylation is 1. The number of amides is 1. The fourth-order valence-corrected chi connectivity index (χ4v) is 3.38. The fraction of sp³-hybridized carbons (Fsp3) is 0.421. The Labute approximate surface area is 171 Å². The van der Waals surface area contributed by atoms with Crippen molar-refractivity contribution in [3.8, 4) is 0 Å². The summed E-state index contributed by atoms with van der Waals surface area (Å²) in [6.07, 6.45) is 3.42. The van der Waals surface area contributed by atoms with E-state index in [-0.39, 0.29) is 6.54 Å². The van der Waals surface area contributed by atoms with Crippen LogP contribution in [0.1, 0.15) is 18.7 Å². The summed E-state index contributed by atoms with van der Waals surface area (Å²) in [6.45, 7) is 3.66. The number of anilines is 4. The van der Waals surface area contributed by atoms with Gasteiger partial charge in [-0.1, -0.05) is 0 Å². The summed E-state index contributed by atoms with van der Waals surface area (Å²) in [5.74, 6) is 1.94. The monoisotopic (exact) mass is 418 g/mol. The first-order valence-corrected chi connectivity index (χ1v) is 11.2. The lowest BCUT2D eigenvalue weighted by Crippen LogP contribution is -2.34. The van der Waals surface area contributed by atoms with Crippen molar-refractivity contribution in [1.82, 2.24) is 14.3 Å². The summed E-state index contributed by atoms with van der Waals surface area (Å²) < 4.78 is 23.8. The second-order valence-corrected chi connectivity index (χ2v) is 9.21. The van der Waals surface area contributed by atoms with E-state index in [9.17, 15) is 13.2 Å². The van der Waals surface area contributed by atoms with Crippen LogP contribution in [-0.2, 0) is 14.8 Å². The normalized spacial score (nSPS) is 14.3. The maximum absolute atomic E-state index is 12.0. The number of rotatable bonds is 7. The Morgan fingerprint density at radius 3 is 2.38 bits per heavy atom. The molecule has 2 aromatic rings. The van der Waals surface area contributed by atoms with Crippen molar-refractivity contribution >= 4 is 38.9 Å². The van der Waals surface area contributed by atoms with Crippen LogP contribution in [0.5, 0.6) is 0 Å². The third-order valence-corrected chi connectivity index (χ3v) is 5.89. The van der Waals surface area contributed by atoms with Gasteiger partial charge in [-0.15, -0.1) is 0 Å². The molecule has 0 bridgehead atoms. The lowest BCUT2D eigenvalue weighted by atomic mass is 10.2. The van der Waals surface area contributed by atoms with E-state index in [1.807, 2.05) is 25.1 Å². The van der Waals surface area contributed by atoms with Gasteiger partial charge >= 0.3 is 0 Å². The van der Waals surface area contributed by atoms with Gasteiger partial charge in [0.25, 0.3) is 0 Å². The molecular formula is C19H26N6O3S. The molecular weight excluding hydrogens is 392 g/mol. The van der Waals surface area contributed by atoms with Crippen molar-refractivity contribution in [3.05, 3.63) is 36.2 Å². The molecule has 10 heteroatoms. The first kappa shape index (κ1) is 21.0. The predicted octanol–water partition coefficient (Wildman–Crippen LogP) is 1.96. The second-order valence-electron chi connectivity index (χ2n) is 7.12. The highest BCUT2D eigenvalue weighted by molar-refractivity contribution is 7.88. The zero-order valence-electron chi connectivity index (χ0n) is 16.8. The summed E-state index contributed by atoms with van der Waals surface area (Å²) in [5.41, 5.74) is 1.40. The number of hydrogen-bond donors (Lipinski definition) is 2. The van der Waals surface area contributed by atoms with Crippen LogP contribution in [0.4, 0.5) is 23.0 Å². The van der Waals surface area contributed by atoms with E-state index in [1.165, 1.54) is 19.9 Å². The number of aromatic nitrogens is 2. The largest absolute Gasteiger partial charge is 0.356 e. The Morgan fingerprint density at radius 2 is 1.76 bits per heavy atom. The van der Waals surface area contributed by atoms with Gasteiger partial charge in [0.2, 0.25) is 15.9 Å². The molecule has 1 aliphatic rings. The maximum Gasteiger partial charge on any atom is 0.239 e. The van der Waals surface area contributed by atoms with Gasteiger partial charge in [0, 0.05) is 37.6 Å². The summed E-state index contributed by atoms with van der Waals surface area (Å²) in [4.78, 5) is 23.2. The molecule has 2 N–H and O–H groups in total. The summed E-state index contributed by atoms with van der Waals surface area (Å²) in [7, 11) is -2.03. The number of benzene rings is 1. The summed E-state index contributed by atoms with van der Waals surface area (Å²) in [6, 6.07) is 9.08.